The van der Waals surface area contributed by atoms with Crippen LogP contribution in [0.1, 0.15) is 11.8 Å². The molecule has 0 spiro atoms. The van der Waals surface area contributed by atoms with Crippen molar-refractivity contribution < 1.29 is 8.83 Å². The molecule has 0 saturated heterocycles. The van der Waals surface area contributed by atoms with Crippen LogP contribution in [0.5, 0.6) is 0 Å². The van der Waals surface area contributed by atoms with Gasteiger partial charge in [0.25, 0.3) is 0 Å². The van der Waals surface area contributed by atoms with Crippen LogP contribution in [-0.2, 0) is 13.1 Å². The summed E-state index contributed by atoms with van der Waals surface area (Å²) in [6.07, 6.45) is 0. The second kappa shape index (κ2) is 9.78. The van der Waals surface area contributed by atoms with Crippen molar-refractivity contribution in [3.05, 3.63) is 133 Å². The Labute approximate surface area is 250 Å². The van der Waals surface area contributed by atoms with Crippen LogP contribution in [0.2, 0.25) is 0 Å². The van der Waals surface area contributed by atoms with Crippen molar-refractivity contribution in [3.8, 4) is 22.9 Å². The lowest BCUT2D eigenvalue weighted by molar-refractivity contribution is 0.493. The molecule has 0 aliphatic rings. The second-order valence-corrected chi connectivity index (χ2v) is 10.8. The van der Waals surface area contributed by atoms with Gasteiger partial charge in [-0.05, 0) is 48.5 Å². The van der Waals surface area contributed by atoms with Crippen LogP contribution in [0.4, 0.5) is 0 Å². The first-order valence-electron chi connectivity index (χ1n) is 14.5. The molecule has 5 aromatic carbocycles. The molecular weight excluding hydrogens is 548 g/mol. The third-order valence-electron chi connectivity index (χ3n) is 8.26. The normalized spacial score (nSPS) is 11.8. The van der Waals surface area contributed by atoms with E-state index in [9.17, 15) is 0 Å². The van der Waals surface area contributed by atoms with Crippen LogP contribution in [0.15, 0.2) is 130 Å². The first-order valence-corrected chi connectivity index (χ1v) is 14.5. The van der Waals surface area contributed by atoms with Gasteiger partial charge in [0.1, 0.15) is 13.1 Å². The first-order chi connectivity index (χ1) is 21.8. The third-order valence-corrected chi connectivity index (χ3v) is 8.26. The van der Waals surface area contributed by atoms with Gasteiger partial charge in [-0.15, -0.1) is 20.4 Å². The molecule has 44 heavy (non-hydrogen) atoms. The second-order valence-electron chi connectivity index (χ2n) is 10.8. The highest BCUT2D eigenvalue weighted by Gasteiger charge is 2.17. The van der Waals surface area contributed by atoms with E-state index >= 15 is 0 Å². The predicted octanol–water partition coefficient (Wildman–Crippen LogP) is 8.10. The summed E-state index contributed by atoms with van der Waals surface area (Å²) in [5.74, 6) is 2.01. The molecule has 0 aliphatic carbocycles. The zero-order valence-corrected chi connectivity index (χ0v) is 23.5. The van der Waals surface area contributed by atoms with E-state index in [4.69, 9.17) is 8.83 Å². The Morgan fingerprint density at radius 2 is 0.705 bits per heavy atom. The van der Waals surface area contributed by atoms with Crippen LogP contribution in [0.25, 0.3) is 66.5 Å². The molecule has 4 heterocycles. The van der Waals surface area contributed by atoms with Crippen molar-refractivity contribution in [1.29, 1.82) is 0 Å². The molecule has 0 radical (unpaired) electrons. The minimum Gasteiger partial charge on any atom is -0.419 e. The van der Waals surface area contributed by atoms with E-state index in [0.717, 1.165) is 33.2 Å². The number of fused-ring (bicyclic) bond motifs is 6. The summed E-state index contributed by atoms with van der Waals surface area (Å²) in [6, 6.07) is 41.3. The molecule has 0 bridgehead atoms. The smallest absolute Gasteiger partial charge is 0.247 e. The SMILES string of the molecule is c1ccc2c(c1)c1ccccc1n2Cc1nnc(-c2ccc(-c3nnc(Cn4c5ccccc5c5ccccc54)o3)cc2)o1. The maximum Gasteiger partial charge on any atom is 0.247 e. The Kier molecular flexibility index (Phi) is 5.46. The molecule has 210 valence electrons. The van der Waals surface area contributed by atoms with E-state index in [1.807, 2.05) is 24.3 Å². The van der Waals surface area contributed by atoms with E-state index in [1.54, 1.807) is 0 Å². The van der Waals surface area contributed by atoms with Gasteiger partial charge in [-0.1, -0.05) is 72.8 Å². The summed E-state index contributed by atoms with van der Waals surface area (Å²) in [5, 5.41) is 22.2. The van der Waals surface area contributed by atoms with Gasteiger partial charge in [0.05, 0.1) is 0 Å². The van der Waals surface area contributed by atoms with Crippen LogP contribution in [0, 0.1) is 0 Å². The predicted molar refractivity (Wildman–Crippen MR) is 170 cm³/mol. The summed E-state index contributed by atoms with van der Waals surface area (Å²) in [7, 11) is 0. The highest BCUT2D eigenvalue weighted by molar-refractivity contribution is 6.08. The number of rotatable bonds is 6. The molecule has 9 aromatic rings. The molecule has 8 nitrogen and oxygen atoms in total. The fourth-order valence-electron chi connectivity index (χ4n) is 6.24. The lowest BCUT2D eigenvalue weighted by Crippen LogP contribution is -1.99. The zero-order valence-electron chi connectivity index (χ0n) is 23.5. The van der Waals surface area contributed by atoms with Gasteiger partial charge in [0.2, 0.25) is 23.6 Å². The monoisotopic (exact) mass is 572 g/mol. The van der Waals surface area contributed by atoms with Crippen LogP contribution in [-0.4, -0.2) is 29.5 Å². The van der Waals surface area contributed by atoms with Gasteiger partial charge in [-0.2, -0.15) is 0 Å². The van der Waals surface area contributed by atoms with Crippen LogP contribution < -0.4 is 0 Å². The summed E-state index contributed by atoms with van der Waals surface area (Å²) in [4.78, 5) is 0. The lowest BCUT2D eigenvalue weighted by Gasteiger charge is -2.04. The van der Waals surface area contributed by atoms with Gasteiger partial charge in [-0.25, -0.2) is 0 Å². The fourth-order valence-corrected chi connectivity index (χ4v) is 6.24. The minimum absolute atomic E-state index is 0.463. The molecule has 0 atom stereocenters. The maximum atomic E-state index is 6.12. The largest absolute Gasteiger partial charge is 0.419 e. The van der Waals surface area contributed by atoms with Crippen LogP contribution >= 0.6 is 0 Å². The average Bonchev–Trinajstić information content (AvgIpc) is 3.88. The number of hydrogen-bond donors (Lipinski definition) is 0. The fraction of sp³-hybridized carbons (Fsp3) is 0.0556. The van der Waals surface area contributed by atoms with E-state index in [0.29, 0.717) is 36.7 Å². The van der Waals surface area contributed by atoms with Gasteiger partial charge >= 0.3 is 0 Å². The summed E-state index contributed by atoms with van der Waals surface area (Å²) >= 11 is 0. The molecule has 0 unspecified atom stereocenters. The van der Waals surface area contributed by atoms with E-state index in [-0.39, 0.29) is 0 Å². The molecule has 0 saturated carbocycles. The standard InChI is InChI=1S/C36H24N6O2/c1-5-13-29-25(9-1)26-10-2-6-14-30(26)41(29)21-33-37-39-35(43-33)23-17-19-24(20-18-23)36-40-38-34(44-36)22-42-31-15-7-3-11-27(31)28-12-4-8-16-32(28)42/h1-20H,21-22H2. The topological polar surface area (TPSA) is 87.7 Å². The lowest BCUT2D eigenvalue weighted by atomic mass is 10.1. The van der Waals surface area contributed by atoms with Gasteiger partial charge < -0.3 is 18.0 Å². The van der Waals surface area contributed by atoms with E-state index in [2.05, 4.69) is 127 Å². The van der Waals surface area contributed by atoms with Crippen molar-refractivity contribution in [2.24, 2.45) is 0 Å². The van der Waals surface area contributed by atoms with Crippen LogP contribution in [0.3, 0.4) is 0 Å². The molecule has 8 heteroatoms. The molecule has 4 aromatic heterocycles. The molecular formula is C36H24N6O2. The summed E-state index contributed by atoms with van der Waals surface area (Å²) in [5.41, 5.74) is 6.17. The Bertz CT molecular complexity index is 2180. The molecule has 0 fully saturated rings. The highest BCUT2D eigenvalue weighted by Crippen LogP contribution is 2.32. The Morgan fingerprint density at radius 3 is 1.05 bits per heavy atom. The average molecular weight is 573 g/mol. The number of aromatic nitrogens is 6. The van der Waals surface area contributed by atoms with Gasteiger partial charge in [0, 0.05) is 54.7 Å². The quantitative estimate of drug-likeness (QED) is 0.200. The van der Waals surface area contributed by atoms with Crippen molar-refractivity contribution in [1.82, 2.24) is 29.5 Å². The van der Waals surface area contributed by atoms with E-state index < -0.39 is 0 Å². The van der Waals surface area contributed by atoms with Crippen molar-refractivity contribution in [2.45, 2.75) is 13.1 Å². The third kappa shape index (κ3) is 3.92. The van der Waals surface area contributed by atoms with Crippen molar-refractivity contribution >= 4 is 43.6 Å². The Balaban J connectivity index is 0.970. The van der Waals surface area contributed by atoms with Crippen molar-refractivity contribution in [2.75, 3.05) is 0 Å². The molecule has 9 rings (SSSR count). The first kappa shape index (κ1) is 24.6. The maximum absolute atomic E-state index is 6.12. The van der Waals surface area contributed by atoms with Gasteiger partial charge in [-0.3, -0.25) is 0 Å². The van der Waals surface area contributed by atoms with Gasteiger partial charge in [0.15, 0.2) is 0 Å². The number of nitrogens with zero attached hydrogens (tertiary/aromatic N) is 6. The Hall–Kier alpha value is -6.02. The zero-order chi connectivity index (χ0) is 29.0. The minimum atomic E-state index is 0.463. The number of benzene rings is 5. The molecule has 0 amide bonds. The van der Waals surface area contributed by atoms with E-state index in [1.165, 1.54) is 21.5 Å². The van der Waals surface area contributed by atoms with Crippen molar-refractivity contribution in [3.63, 3.8) is 0 Å². The summed E-state index contributed by atoms with van der Waals surface area (Å²) < 4.78 is 16.7. The molecule has 0 aliphatic heterocycles. The molecule has 0 N–H and O–H groups in total. The highest BCUT2D eigenvalue weighted by atomic mass is 16.4. The summed E-state index contributed by atoms with van der Waals surface area (Å²) in [6.45, 7) is 0.964. The number of hydrogen-bond acceptors (Lipinski definition) is 6. The number of para-hydroxylation sites is 4. The Morgan fingerprint density at radius 1 is 0.386 bits per heavy atom.